The molecule has 0 heterocycles. The number of hydrogen-bond donors (Lipinski definition) is 0. The summed E-state index contributed by atoms with van der Waals surface area (Å²) in [6.07, 6.45) is 9.18. The van der Waals surface area contributed by atoms with E-state index in [1.54, 1.807) is 18.2 Å². The fourth-order valence-electron chi connectivity index (χ4n) is 1.36. The van der Waals surface area contributed by atoms with Crippen LogP contribution >= 0.6 is 27.5 Å². The maximum atomic E-state index is 2.72. The van der Waals surface area contributed by atoms with Crippen molar-refractivity contribution in [2.24, 2.45) is 0 Å². The van der Waals surface area contributed by atoms with Crippen LogP contribution in [0.15, 0.2) is 0 Å². The zero-order valence-electron chi connectivity index (χ0n) is 9.19. The molecule has 0 fully saturated rings. The van der Waals surface area contributed by atoms with Gasteiger partial charge in [0.05, 0.1) is 0 Å². The molecule has 0 saturated heterocycles. The molecule has 0 N–H and O–H groups in total. The Labute approximate surface area is 146 Å². The Kier molecular flexibility index (Phi) is 17.8. The quantitative estimate of drug-likeness (QED) is 0.256. The van der Waals surface area contributed by atoms with Gasteiger partial charge in [0, 0.05) is 0 Å². The Balaban J connectivity index is 3.05. The van der Waals surface area contributed by atoms with Crippen LogP contribution in [0.1, 0.15) is 25.7 Å². The molecule has 0 rings (SSSR count). The Hall–Kier alpha value is 3.74. The molecule has 0 aromatic carbocycles. The summed E-state index contributed by atoms with van der Waals surface area (Å²) in [6, 6.07) is 0. The molecule has 1 unspecified atom stereocenters. The molecule has 0 radical (unpaired) electrons. The average molecular weight is 364 g/mol. The molecule has 0 amide bonds. The summed E-state index contributed by atoms with van der Waals surface area (Å²) in [6.45, 7) is 1.55. The summed E-state index contributed by atoms with van der Waals surface area (Å²) < 4.78 is 3.13. The van der Waals surface area contributed by atoms with Crippen LogP contribution in [-0.4, -0.2) is 84.7 Å². The maximum absolute atomic E-state index is 2.72. The Morgan fingerprint density at radius 1 is 1.00 bits per heavy atom. The Morgan fingerprint density at radius 3 is 2.23 bits per heavy atom. The number of rotatable bonds is 9. The first-order valence-corrected chi connectivity index (χ1v) is 14.6. The van der Waals surface area contributed by atoms with Gasteiger partial charge in [-0.25, -0.2) is 0 Å². The molecular weight excluding hydrogens is 345 g/mol. The zero-order chi connectivity index (χ0) is 9.94. The van der Waals surface area contributed by atoms with Crippen LogP contribution in [0.3, 0.4) is 0 Å². The van der Waals surface area contributed by atoms with Crippen molar-refractivity contribution < 1.29 is 0 Å². The van der Waals surface area contributed by atoms with E-state index in [1.807, 2.05) is 0 Å². The van der Waals surface area contributed by atoms with E-state index >= 15 is 0 Å². The first kappa shape index (κ1) is 16.7. The first-order valence-electron chi connectivity index (χ1n) is 5.72. The zero-order valence-corrected chi connectivity index (χ0v) is 18.5. The monoisotopic (exact) mass is 364 g/mol. The van der Waals surface area contributed by atoms with Crippen molar-refractivity contribution >= 4 is 106 Å². The molecule has 0 aliphatic rings. The van der Waals surface area contributed by atoms with Gasteiger partial charge in [0.1, 0.15) is 0 Å². The van der Waals surface area contributed by atoms with Gasteiger partial charge in [0.25, 0.3) is 0 Å². The normalized spacial score (nSPS) is 12.5. The summed E-state index contributed by atoms with van der Waals surface area (Å²) in [5, 5.41) is 0. The van der Waals surface area contributed by atoms with E-state index in [1.165, 1.54) is 32.0 Å². The summed E-state index contributed by atoms with van der Waals surface area (Å²) >= 11 is 4.93. The fraction of sp³-hybridized carbons (Fsp3) is 1.00. The van der Waals surface area contributed by atoms with Crippen molar-refractivity contribution in [1.29, 1.82) is 0 Å². The van der Waals surface area contributed by atoms with Gasteiger partial charge in [0.2, 0.25) is 0 Å². The van der Waals surface area contributed by atoms with Crippen molar-refractivity contribution in [2.45, 2.75) is 37.0 Å². The van der Waals surface area contributed by atoms with Crippen LogP contribution in [0.2, 0.25) is 11.4 Å². The number of halogens is 1. The van der Waals surface area contributed by atoms with E-state index < -0.39 is 0 Å². The van der Waals surface area contributed by atoms with E-state index in [4.69, 9.17) is 0 Å². The number of unbranched alkanes of at least 4 members (excludes halogenated alkanes) is 2. The average Bonchev–Trinajstić information content (AvgIpc) is 2.13. The van der Waals surface area contributed by atoms with Crippen LogP contribution in [0.25, 0.3) is 0 Å². The predicted octanol–water partition coefficient (Wildman–Crippen LogP) is 2.79. The molecule has 5 heteroatoms. The molecule has 0 aromatic rings. The van der Waals surface area contributed by atoms with Crippen molar-refractivity contribution in [3.63, 3.8) is 0 Å². The molecular formula is C8H19BCa2IP. The third-order valence-electron chi connectivity index (χ3n) is 2.26. The molecule has 13 heavy (non-hydrogen) atoms. The fourth-order valence-corrected chi connectivity index (χ4v) is 6.32. The molecule has 0 bridgehead atoms. The van der Waals surface area contributed by atoms with Crippen LogP contribution in [0.4, 0.5) is 0 Å². The van der Waals surface area contributed by atoms with Gasteiger partial charge in [-0.05, 0) is 0 Å². The van der Waals surface area contributed by atoms with Gasteiger partial charge in [-0.1, -0.05) is 0 Å². The Morgan fingerprint density at radius 2 is 1.62 bits per heavy atom. The van der Waals surface area contributed by atoms with Gasteiger partial charge in [0.15, 0.2) is 0 Å². The molecule has 0 spiro atoms. The Bertz CT molecular complexity index is 108. The van der Waals surface area contributed by atoms with Gasteiger partial charge in [-0.15, -0.1) is 0 Å². The molecule has 0 nitrogen and oxygen atoms in total. The van der Waals surface area contributed by atoms with Crippen molar-refractivity contribution in [3.05, 3.63) is 0 Å². The molecule has 1 atom stereocenters. The van der Waals surface area contributed by atoms with Crippen molar-refractivity contribution in [2.75, 3.05) is 6.16 Å². The van der Waals surface area contributed by atoms with Gasteiger partial charge in [-0.2, -0.15) is 0 Å². The summed E-state index contributed by atoms with van der Waals surface area (Å²) in [4.78, 5) is 0. The predicted molar refractivity (Wildman–Crippen MR) is 80.1 cm³/mol. The summed E-state index contributed by atoms with van der Waals surface area (Å²) in [7, 11) is 0. The second-order valence-electron chi connectivity index (χ2n) is 3.68. The van der Waals surface area contributed by atoms with E-state index in [0.29, 0.717) is 5.44 Å². The molecule has 0 aliphatic heterocycles. The van der Waals surface area contributed by atoms with Crippen LogP contribution in [0, 0.1) is 0 Å². The molecule has 0 saturated carbocycles. The third kappa shape index (κ3) is 13.7. The van der Waals surface area contributed by atoms with Gasteiger partial charge >= 0.3 is 149 Å². The van der Waals surface area contributed by atoms with Gasteiger partial charge < -0.3 is 0 Å². The minimum atomic E-state index is 0.397. The second-order valence-corrected chi connectivity index (χ2v) is 12.7. The van der Waals surface area contributed by atoms with E-state index in [9.17, 15) is 0 Å². The van der Waals surface area contributed by atoms with E-state index in [0.717, 1.165) is 71.6 Å². The molecule has 0 aliphatic carbocycles. The van der Waals surface area contributed by atoms with Crippen LogP contribution in [-0.2, 0) is 0 Å². The third-order valence-corrected chi connectivity index (χ3v) is 8.96. The summed E-state index contributed by atoms with van der Waals surface area (Å²) in [5.74, 6) is 0. The topological polar surface area (TPSA) is 0 Å². The van der Waals surface area contributed by atoms with E-state index in [-0.39, 0.29) is 0 Å². The van der Waals surface area contributed by atoms with Crippen molar-refractivity contribution in [3.8, 4) is 0 Å². The number of hydrogen-bond acceptors (Lipinski definition) is 0. The van der Waals surface area contributed by atoms with Crippen LogP contribution < -0.4 is 0 Å². The molecule has 70 valence electrons. The SMILES string of the molecule is [CaH][CH2]CCCBP(I)CCC[CH2][CaH]. The van der Waals surface area contributed by atoms with E-state index in [2.05, 4.69) is 22.0 Å². The van der Waals surface area contributed by atoms with Crippen molar-refractivity contribution in [1.82, 2.24) is 0 Å². The standard InChI is InChI=1S/C8H17BIP.2Ca.2H/c1-3-5-7-9-11(10)8-6-4-2;;;;/h9H,1-8H2;;;;. The molecule has 0 aromatic heterocycles. The van der Waals surface area contributed by atoms with Crippen LogP contribution in [0.5, 0.6) is 0 Å². The van der Waals surface area contributed by atoms with Gasteiger partial charge in [-0.3, -0.25) is 0 Å². The summed E-state index contributed by atoms with van der Waals surface area (Å²) in [5.41, 5.74) is 0.397. The minimum absolute atomic E-state index is 0.397. The second kappa shape index (κ2) is 13.8. The first-order chi connectivity index (χ1) is 6.31.